The van der Waals surface area contributed by atoms with Crippen LogP contribution in [-0.2, 0) is 4.79 Å². The van der Waals surface area contributed by atoms with Crippen LogP contribution in [0.15, 0.2) is 28.0 Å². The van der Waals surface area contributed by atoms with E-state index in [0.717, 1.165) is 17.7 Å². The van der Waals surface area contributed by atoms with Crippen LogP contribution in [0.25, 0.3) is 0 Å². The molecule has 0 aliphatic heterocycles. The Morgan fingerprint density at radius 1 is 1.43 bits per heavy atom. The third-order valence-electron chi connectivity index (χ3n) is 2.96. The first-order valence-corrected chi connectivity index (χ1v) is 7.72. The molecule has 0 bridgehead atoms. The van der Waals surface area contributed by atoms with Crippen molar-refractivity contribution < 1.29 is 9.21 Å². The molecule has 2 aromatic heterocycles. The minimum absolute atomic E-state index is 0.0762. The lowest BCUT2D eigenvalue weighted by atomic mass is 10.1. The van der Waals surface area contributed by atoms with Gasteiger partial charge in [0.25, 0.3) is 5.22 Å². The van der Waals surface area contributed by atoms with E-state index in [1.165, 1.54) is 11.8 Å². The van der Waals surface area contributed by atoms with E-state index >= 15 is 0 Å². The molecule has 0 radical (unpaired) electrons. The zero-order chi connectivity index (χ0) is 15.2. The van der Waals surface area contributed by atoms with Gasteiger partial charge in [0.15, 0.2) is 0 Å². The molecule has 2 aromatic rings. The largest absolute Gasteiger partial charge is 0.416 e. The molecule has 2 rings (SSSR count). The van der Waals surface area contributed by atoms with Gasteiger partial charge in [0, 0.05) is 13.1 Å². The summed E-state index contributed by atoms with van der Waals surface area (Å²) >= 11 is 1.23. The fraction of sp³-hybridized carbons (Fsp3) is 0.429. The Balaban J connectivity index is 1.92. The summed E-state index contributed by atoms with van der Waals surface area (Å²) in [4.78, 5) is 16.4. The normalized spacial score (nSPS) is 12.1. The molecule has 1 atom stereocenters. The van der Waals surface area contributed by atoms with Crippen molar-refractivity contribution in [3.8, 4) is 0 Å². The number of rotatable bonds is 6. The third kappa shape index (κ3) is 4.29. The Bertz CT molecular complexity index is 615. The highest BCUT2D eigenvalue weighted by Gasteiger charge is 2.16. The zero-order valence-electron chi connectivity index (χ0n) is 12.3. The molecule has 1 N–H and O–H groups in total. The Kier molecular flexibility index (Phi) is 5.32. The van der Waals surface area contributed by atoms with E-state index in [1.807, 2.05) is 26.0 Å². The van der Waals surface area contributed by atoms with Crippen molar-refractivity contribution in [2.45, 2.75) is 38.5 Å². The Hall–Kier alpha value is -1.89. The summed E-state index contributed by atoms with van der Waals surface area (Å²) in [5.74, 6) is 0.658. The summed E-state index contributed by atoms with van der Waals surface area (Å²) in [6.45, 7) is 5.73. The lowest BCUT2D eigenvalue weighted by Gasteiger charge is -2.17. The summed E-state index contributed by atoms with van der Waals surface area (Å²) in [6.07, 6.45) is 2.53. The van der Waals surface area contributed by atoms with Gasteiger partial charge in [-0.1, -0.05) is 24.8 Å². The van der Waals surface area contributed by atoms with Gasteiger partial charge in [0.05, 0.1) is 17.5 Å². The summed E-state index contributed by atoms with van der Waals surface area (Å²) in [5.41, 5.74) is 1.98. The SMILES string of the molecule is CCC(NC(=O)CSc1nnc(C)o1)c1ncccc1C. The highest BCUT2D eigenvalue weighted by molar-refractivity contribution is 7.99. The quantitative estimate of drug-likeness (QED) is 0.826. The number of hydrogen-bond acceptors (Lipinski definition) is 6. The maximum absolute atomic E-state index is 12.0. The highest BCUT2D eigenvalue weighted by atomic mass is 32.2. The predicted molar refractivity (Wildman–Crippen MR) is 79.9 cm³/mol. The summed E-state index contributed by atoms with van der Waals surface area (Å²) in [6, 6.07) is 3.80. The number of aryl methyl sites for hydroxylation is 2. The molecule has 0 saturated heterocycles. The molecule has 0 fully saturated rings. The summed E-state index contributed by atoms with van der Waals surface area (Å²) in [7, 11) is 0. The van der Waals surface area contributed by atoms with E-state index in [1.54, 1.807) is 13.1 Å². The monoisotopic (exact) mass is 306 g/mol. The number of nitrogens with zero attached hydrogens (tertiary/aromatic N) is 3. The van der Waals surface area contributed by atoms with Gasteiger partial charge in [0.1, 0.15) is 0 Å². The van der Waals surface area contributed by atoms with Gasteiger partial charge < -0.3 is 9.73 Å². The fourth-order valence-electron chi connectivity index (χ4n) is 1.93. The molecule has 112 valence electrons. The van der Waals surface area contributed by atoms with Crippen LogP contribution in [0.1, 0.15) is 36.5 Å². The van der Waals surface area contributed by atoms with Gasteiger partial charge in [0.2, 0.25) is 11.8 Å². The van der Waals surface area contributed by atoms with Crippen LogP contribution in [0.4, 0.5) is 0 Å². The third-order valence-corrected chi connectivity index (χ3v) is 3.78. The van der Waals surface area contributed by atoms with Crippen molar-refractivity contribution in [2.75, 3.05) is 5.75 Å². The van der Waals surface area contributed by atoms with E-state index in [-0.39, 0.29) is 17.7 Å². The predicted octanol–water partition coefficient (Wildman–Crippen LogP) is 2.44. The van der Waals surface area contributed by atoms with Gasteiger partial charge >= 0.3 is 0 Å². The van der Waals surface area contributed by atoms with E-state index in [4.69, 9.17) is 4.42 Å². The zero-order valence-corrected chi connectivity index (χ0v) is 13.1. The molecule has 1 unspecified atom stereocenters. The van der Waals surface area contributed by atoms with E-state index < -0.39 is 0 Å². The highest BCUT2D eigenvalue weighted by Crippen LogP contribution is 2.19. The minimum Gasteiger partial charge on any atom is -0.416 e. The van der Waals surface area contributed by atoms with Crippen molar-refractivity contribution in [3.05, 3.63) is 35.5 Å². The van der Waals surface area contributed by atoms with Crippen molar-refractivity contribution >= 4 is 17.7 Å². The number of nitrogens with one attached hydrogen (secondary N) is 1. The average Bonchev–Trinajstić information content (AvgIpc) is 2.89. The number of carbonyl (C=O) groups is 1. The maximum atomic E-state index is 12.0. The number of carbonyl (C=O) groups excluding carboxylic acids is 1. The number of pyridine rings is 1. The first kappa shape index (κ1) is 15.5. The van der Waals surface area contributed by atoms with Gasteiger partial charge in [-0.15, -0.1) is 10.2 Å². The van der Waals surface area contributed by atoms with Crippen molar-refractivity contribution in [1.29, 1.82) is 0 Å². The fourth-order valence-corrected chi connectivity index (χ4v) is 2.54. The molecule has 1 amide bonds. The van der Waals surface area contributed by atoms with Gasteiger partial charge in [-0.2, -0.15) is 0 Å². The Labute approximate surface area is 127 Å². The average molecular weight is 306 g/mol. The van der Waals surface area contributed by atoms with Crippen LogP contribution >= 0.6 is 11.8 Å². The van der Waals surface area contributed by atoms with Crippen molar-refractivity contribution in [1.82, 2.24) is 20.5 Å². The molecule has 0 aliphatic carbocycles. The molecule has 21 heavy (non-hydrogen) atoms. The minimum atomic E-state index is -0.0799. The molecule has 0 aromatic carbocycles. The topological polar surface area (TPSA) is 80.9 Å². The van der Waals surface area contributed by atoms with Crippen LogP contribution in [0, 0.1) is 13.8 Å². The lowest BCUT2D eigenvalue weighted by molar-refractivity contribution is -0.119. The molecule has 0 spiro atoms. The van der Waals surface area contributed by atoms with Crippen molar-refractivity contribution in [3.63, 3.8) is 0 Å². The molecule has 2 heterocycles. The van der Waals surface area contributed by atoms with Crippen LogP contribution in [0.2, 0.25) is 0 Å². The van der Waals surface area contributed by atoms with Gasteiger partial charge in [-0.3, -0.25) is 9.78 Å². The number of hydrogen-bond donors (Lipinski definition) is 1. The second-order valence-electron chi connectivity index (χ2n) is 4.61. The molecular weight excluding hydrogens is 288 g/mol. The second-order valence-corrected chi connectivity index (χ2v) is 5.54. The Morgan fingerprint density at radius 3 is 2.86 bits per heavy atom. The smallest absolute Gasteiger partial charge is 0.277 e. The Morgan fingerprint density at radius 2 is 2.24 bits per heavy atom. The van der Waals surface area contributed by atoms with E-state index in [9.17, 15) is 4.79 Å². The molecule has 0 aliphatic rings. The first-order valence-electron chi connectivity index (χ1n) is 6.74. The van der Waals surface area contributed by atoms with Crippen LogP contribution in [0.5, 0.6) is 0 Å². The summed E-state index contributed by atoms with van der Waals surface area (Å²) in [5, 5.41) is 11.0. The maximum Gasteiger partial charge on any atom is 0.277 e. The summed E-state index contributed by atoms with van der Waals surface area (Å²) < 4.78 is 5.22. The standard InChI is InChI=1S/C14H18N4O2S/c1-4-11(13-9(2)6-5-7-15-13)16-12(19)8-21-14-18-17-10(3)20-14/h5-7,11H,4,8H2,1-3H3,(H,16,19). The van der Waals surface area contributed by atoms with Crippen molar-refractivity contribution in [2.24, 2.45) is 0 Å². The van der Waals surface area contributed by atoms with Crippen LogP contribution in [-0.4, -0.2) is 26.8 Å². The first-order chi connectivity index (χ1) is 10.1. The molecule has 0 saturated carbocycles. The van der Waals surface area contributed by atoms with Gasteiger partial charge in [-0.25, -0.2) is 0 Å². The number of aromatic nitrogens is 3. The molecule has 6 nitrogen and oxygen atoms in total. The van der Waals surface area contributed by atoms with Crippen LogP contribution in [0.3, 0.4) is 0 Å². The van der Waals surface area contributed by atoms with E-state index in [0.29, 0.717) is 11.1 Å². The lowest BCUT2D eigenvalue weighted by Crippen LogP contribution is -2.30. The van der Waals surface area contributed by atoms with E-state index in [2.05, 4.69) is 20.5 Å². The van der Waals surface area contributed by atoms with Gasteiger partial charge in [-0.05, 0) is 25.0 Å². The number of thioether (sulfide) groups is 1. The van der Waals surface area contributed by atoms with Crippen LogP contribution < -0.4 is 5.32 Å². The number of amides is 1. The molecular formula is C14H18N4O2S. The molecule has 7 heteroatoms. The second kappa shape index (κ2) is 7.21.